The van der Waals surface area contributed by atoms with Crippen LogP contribution in [0.25, 0.3) is 11.3 Å². The zero-order valence-electron chi connectivity index (χ0n) is 18.7. The Balaban J connectivity index is 1.43. The van der Waals surface area contributed by atoms with Crippen molar-refractivity contribution in [2.24, 2.45) is 11.8 Å². The van der Waals surface area contributed by atoms with Gasteiger partial charge in [0.2, 0.25) is 11.8 Å². The number of hydrogen-bond acceptors (Lipinski definition) is 7. The second-order valence-electron chi connectivity index (χ2n) is 8.57. The van der Waals surface area contributed by atoms with Crippen LogP contribution in [-0.2, 0) is 14.3 Å². The van der Waals surface area contributed by atoms with E-state index >= 15 is 0 Å². The quantitative estimate of drug-likeness (QED) is 0.664. The third-order valence-electron chi connectivity index (χ3n) is 6.17. The molecule has 2 aromatic heterocycles. The summed E-state index contributed by atoms with van der Waals surface area (Å²) in [5.74, 6) is 1.18. The van der Waals surface area contributed by atoms with Gasteiger partial charge in [0, 0.05) is 51.5 Å². The van der Waals surface area contributed by atoms with Crippen LogP contribution >= 0.6 is 11.6 Å². The highest BCUT2D eigenvalue weighted by Crippen LogP contribution is 2.29. The molecule has 0 spiro atoms. The second kappa shape index (κ2) is 10.9. The van der Waals surface area contributed by atoms with Crippen molar-refractivity contribution in [3.8, 4) is 11.3 Å². The molecule has 0 aliphatic carbocycles. The number of ether oxygens (including phenoxy) is 1. The van der Waals surface area contributed by atoms with Gasteiger partial charge in [0.1, 0.15) is 11.6 Å². The van der Waals surface area contributed by atoms with Crippen molar-refractivity contribution in [3.05, 3.63) is 29.7 Å². The SMILES string of the molecule is CC(=O)N1CCC[C@H](C(=O)Nc2cc(-c3cncc(NCC4CCOCC4)n3)c(Cl)cn2)C1. The molecule has 2 N–H and O–H groups in total. The molecule has 2 aliphatic heterocycles. The molecule has 33 heavy (non-hydrogen) atoms. The fraction of sp³-hybridized carbons (Fsp3) is 0.522. The summed E-state index contributed by atoms with van der Waals surface area (Å²) in [6, 6.07) is 1.71. The smallest absolute Gasteiger partial charge is 0.230 e. The summed E-state index contributed by atoms with van der Waals surface area (Å²) in [5, 5.41) is 6.65. The number of aromatic nitrogens is 3. The lowest BCUT2D eigenvalue weighted by Crippen LogP contribution is -2.42. The molecule has 9 nitrogen and oxygen atoms in total. The number of pyridine rings is 1. The van der Waals surface area contributed by atoms with E-state index in [1.165, 1.54) is 13.1 Å². The van der Waals surface area contributed by atoms with Crippen molar-refractivity contribution in [3.63, 3.8) is 0 Å². The summed E-state index contributed by atoms with van der Waals surface area (Å²) < 4.78 is 5.41. The van der Waals surface area contributed by atoms with Crippen LogP contribution in [0.2, 0.25) is 5.02 Å². The van der Waals surface area contributed by atoms with Gasteiger partial charge in [-0.1, -0.05) is 11.6 Å². The molecule has 0 aromatic carbocycles. The van der Waals surface area contributed by atoms with Gasteiger partial charge in [0.25, 0.3) is 0 Å². The molecule has 4 heterocycles. The molecule has 2 aromatic rings. The van der Waals surface area contributed by atoms with Gasteiger partial charge in [0.05, 0.1) is 29.0 Å². The predicted octanol–water partition coefficient (Wildman–Crippen LogP) is 3.23. The Morgan fingerprint density at radius 1 is 1.18 bits per heavy atom. The number of carbonyl (C=O) groups is 2. The Morgan fingerprint density at radius 3 is 2.79 bits per heavy atom. The van der Waals surface area contributed by atoms with Crippen molar-refractivity contribution in [2.45, 2.75) is 32.6 Å². The van der Waals surface area contributed by atoms with Crippen LogP contribution < -0.4 is 10.6 Å². The third kappa shape index (κ3) is 6.17. The Morgan fingerprint density at radius 2 is 2.00 bits per heavy atom. The van der Waals surface area contributed by atoms with Gasteiger partial charge in [-0.25, -0.2) is 9.97 Å². The minimum absolute atomic E-state index is 0.0108. The Labute approximate surface area is 198 Å². The molecule has 4 rings (SSSR count). The molecule has 2 aliphatic rings. The number of hydrogen-bond donors (Lipinski definition) is 2. The van der Waals surface area contributed by atoms with Crippen LogP contribution in [0.1, 0.15) is 32.6 Å². The standard InChI is InChI=1S/C23H29ClN6O3/c1-15(31)30-6-2-3-17(14-30)23(32)29-21-9-18(19(24)11-27-21)20-12-25-13-22(28-20)26-10-16-4-7-33-8-5-16/h9,11-13,16-17H,2-8,10,14H2,1H3,(H,26,28)(H,27,29,32)/t17-/m0/s1. The summed E-state index contributed by atoms with van der Waals surface area (Å²) in [6.45, 7) is 5.06. The molecule has 0 bridgehead atoms. The van der Waals surface area contributed by atoms with E-state index < -0.39 is 0 Å². The predicted molar refractivity (Wildman–Crippen MR) is 126 cm³/mol. The van der Waals surface area contributed by atoms with Crippen LogP contribution in [0.3, 0.4) is 0 Å². The van der Waals surface area contributed by atoms with Crippen molar-refractivity contribution in [1.82, 2.24) is 19.9 Å². The average Bonchev–Trinajstić information content (AvgIpc) is 2.85. The summed E-state index contributed by atoms with van der Waals surface area (Å²) in [6.07, 6.45) is 8.43. The van der Waals surface area contributed by atoms with Crippen molar-refractivity contribution in [2.75, 3.05) is 43.5 Å². The number of nitrogens with zero attached hydrogens (tertiary/aromatic N) is 4. The zero-order chi connectivity index (χ0) is 23.2. The van der Waals surface area contributed by atoms with Gasteiger partial charge in [-0.3, -0.25) is 14.6 Å². The Bertz CT molecular complexity index is 998. The van der Waals surface area contributed by atoms with Crippen molar-refractivity contribution in [1.29, 1.82) is 0 Å². The van der Waals surface area contributed by atoms with Crippen molar-refractivity contribution < 1.29 is 14.3 Å². The largest absolute Gasteiger partial charge is 0.381 e. The first-order valence-corrected chi connectivity index (χ1v) is 11.7. The highest BCUT2D eigenvalue weighted by atomic mass is 35.5. The Kier molecular flexibility index (Phi) is 7.72. The third-order valence-corrected chi connectivity index (χ3v) is 6.47. The van der Waals surface area contributed by atoms with Gasteiger partial charge in [0.15, 0.2) is 0 Å². The molecule has 0 radical (unpaired) electrons. The molecule has 0 unspecified atom stereocenters. The van der Waals surface area contributed by atoms with E-state index in [0.29, 0.717) is 46.9 Å². The van der Waals surface area contributed by atoms with E-state index in [-0.39, 0.29) is 17.7 Å². The van der Waals surface area contributed by atoms with Gasteiger partial charge in [-0.2, -0.15) is 0 Å². The van der Waals surface area contributed by atoms with Crippen LogP contribution in [-0.4, -0.2) is 64.5 Å². The topological polar surface area (TPSA) is 109 Å². The minimum atomic E-state index is -0.263. The average molecular weight is 473 g/mol. The maximum atomic E-state index is 12.8. The second-order valence-corrected chi connectivity index (χ2v) is 8.98. The molecular weight excluding hydrogens is 444 g/mol. The molecule has 2 amide bonds. The van der Waals surface area contributed by atoms with Crippen LogP contribution in [0.5, 0.6) is 0 Å². The summed E-state index contributed by atoms with van der Waals surface area (Å²) in [5.41, 5.74) is 1.23. The van der Waals surface area contributed by atoms with E-state index in [1.807, 2.05) is 0 Å². The van der Waals surface area contributed by atoms with E-state index in [4.69, 9.17) is 16.3 Å². The molecule has 2 fully saturated rings. The lowest BCUT2D eigenvalue weighted by Gasteiger charge is -2.31. The minimum Gasteiger partial charge on any atom is -0.381 e. The molecule has 10 heteroatoms. The van der Waals surface area contributed by atoms with Gasteiger partial charge < -0.3 is 20.3 Å². The van der Waals surface area contributed by atoms with E-state index in [9.17, 15) is 9.59 Å². The van der Waals surface area contributed by atoms with E-state index in [2.05, 4.69) is 25.6 Å². The maximum absolute atomic E-state index is 12.8. The first-order chi connectivity index (χ1) is 16.0. The fourth-order valence-electron chi connectivity index (χ4n) is 4.19. The van der Waals surface area contributed by atoms with Crippen LogP contribution in [0.4, 0.5) is 11.6 Å². The first kappa shape index (κ1) is 23.4. The zero-order valence-corrected chi connectivity index (χ0v) is 19.5. The number of piperidine rings is 1. The molecular formula is C23H29ClN6O3. The monoisotopic (exact) mass is 472 g/mol. The number of carbonyl (C=O) groups excluding carboxylic acids is 2. The number of nitrogens with one attached hydrogen (secondary N) is 2. The molecule has 0 saturated carbocycles. The summed E-state index contributed by atoms with van der Waals surface area (Å²) in [4.78, 5) is 39.4. The number of likely N-dealkylation sites (tertiary alicyclic amines) is 1. The molecule has 2 saturated heterocycles. The number of amides is 2. The van der Waals surface area contributed by atoms with Gasteiger partial charge >= 0.3 is 0 Å². The van der Waals surface area contributed by atoms with E-state index in [0.717, 1.165) is 45.4 Å². The fourth-order valence-corrected chi connectivity index (χ4v) is 4.39. The number of anilines is 2. The summed E-state index contributed by atoms with van der Waals surface area (Å²) in [7, 11) is 0. The van der Waals surface area contributed by atoms with Gasteiger partial charge in [-0.05, 0) is 37.7 Å². The Hall–Kier alpha value is -2.78. The van der Waals surface area contributed by atoms with Crippen LogP contribution in [0, 0.1) is 11.8 Å². The molecule has 176 valence electrons. The van der Waals surface area contributed by atoms with Crippen LogP contribution in [0.15, 0.2) is 24.7 Å². The number of rotatable bonds is 6. The number of halogens is 1. The normalized spacial score (nSPS) is 19.2. The maximum Gasteiger partial charge on any atom is 0.230 e. The van der Waals surface area contributed by atoms with Gasteiger partial charge in [-0.15, -0.1) is 0 Å². The first-order valence-electron chi connectivity index (χ1n) is 11.4. The molecule has 1 atom stereocenters. The summed E-state index contributed by atoms with van der Waals surface area (Å²) >= 11 is 6.40. The lowest BCUT2D eigenvalue weighted by molar-refractivity contribution is -0.132. The highest BCUT2D eigenvalue weighted by Gasteiger charge is 2.27. The highest BCUT2D eigenvalue weighted by molar-refractivity contribution is 6.33. The van der Waals surface area contributed by atoms with E-state index in [1.54, 1.807) is 23.4 Å². The van der Waals surface area contributed by atoms with Crippen molar-refractivity contribution >= 4 is 35.1 Å². The lowest BCUT2D eigenvalue weighted by atomic mass is 9.97.